The zero-order valence-corrected chi connectivity index (χ0v) is 11.4. The third kappa shape index (κ3) is 3.22. The van der Waals surface area contributed by atoms with Crippen molar-refractivity contribution in [1.29, 1.82) is 0 Å². The topological polar surface area (TPSA) is 65.2 Å². The first-order chi connectivity index (χ1) is 9.11. The van der Waals surface area contributed by atoms with Gasteiger partial charge < -0.3 is 10.5 Å². The number of hydrogen-bond acceptors (Lipinski definition) is 4. The molecule has 5 heteroatoms. The Balaban J connectivity index is 2.22. The van der Waals surface area contributed by atoms with Gasteiger partial charge in [-0.3, -0.25) is 9.78 Å². The smallest absolute Gasteiger partial charge is 0.323 e. The molecule has 1 aromatic carbocycles. The van der Waals surface area contributed by atoms with Gasteiger partial charge in [0.05, 0.1) is 17.1 Å². The second-order valence-electron chi connectivity index (χ2n) is 4.18. The number of pyridine rings is 1. The number of carbonyl (C=O) groups is 1. The number of rotatable bonds is 4. The summed E-state index contributed by atoms with van der Waals surface area (Å²) in [5.41, 5.74) is 7.21. The SMILES string of the molecule is CCOC(=O)C(N)Cc1ccc2cccc(Cl)c2n1. The normalized spacial score (nSPS) is 12.4. The van der Waals surface area contributed by atoms with Crippen LogP contribution in [0.2, 0.25) is 5.02 Å². The van der Waals surface area contributed by atoms with Crippen molar-refractivity contribution in [2.24, 2.45) is 5.73 Å². The van der Waals surface area contributed by atoms with Crippen molar-refractivity contribution in [3.05, 3.63) is 41.0 Å². The molecule has 0 amide bonds. The van der Waals surface area contributed by atoms with Gasteiger partial charge in [0, 0.05) is 17.5 Å². The fourth-order valence-corrected chi connectivity index (χ4v) is 2.05. The molecule has 0 aliphatic rings. The van der Waals surface area contributed by atoms with E-state index in [0.29, 0.717) is 18.1 Å². The lowest BCUT2D eigenvalue weighted by molar-refractivity contribution is -0.144. The molecule has 2 aromatic rings. The zero-order valence-electron chi connectivity index (χ0n) is 10.6. The average Bonchev–Trinajstić information content (AvgIpc) is 2.40. The van der Waals surface area contributed by atoms with Crippen LogP contribution in [-0.2, 0) is 16.0 Å². The van der Waals surface area contributed by atoms with Gasteiger partial charge in [0.2, 0.25) is 0 Å². The summed E-state index contributed by atoms with van der Waals surface area (Å²) in [6, 6.07) is 8.65. The number of esters is 1. The molecule has 0 fully saturated rings. The number of benzene rings is 1. The number of halogens is 1. The molecule has 0 bridgehead atoms. The summed E-state index contributed by atoms with van der Waals surface area (Å²) in [6.07, 6.45) is 0.333. The number of hydrogen-bond donors (Lipinski definition) is 1. The Morgan fingerprint density at radius 2 is 2.21 bits per heavy atom. The molecular weight excluding hydrogens is 264 g/mol. The average molecular weight is 279 g/mol. The number of para-hydroxylation sites is 1. The molecule has 0 saturated heterocycles. The van der Waals surface area contributed by atoms with Crippen LogP contribution in [0.25, 0.3) is 10.9 Å². The minimum Gasteiger partial charge on any atom is -0.465 e. The molecule has 1 aromatic heterocycles. The highest BCUT2D eigenvalue weighted by Gasteiger charge is 2.16. The summed E-state index contributed by atoms with van der Waals surface area (Å²) in [4.78, 5) is 15.9. The number of carbonyl (C=O) groups excluding carboxylic acids is 1. The highest BCUT2D eigenvalue weighted by molar-refractivity contribution is 6.35. The van der Waals surface area contributed by atoms with Crippen molar-refractivity contribution in [2.45, 2.75) is 19.4 Å². The van der Waals surface area contributed by atoms with Gasteiger partial charge in [-0.05, 0) is 19.1 Å². The molecule has 2 N–H and O–H groups in total. The third-order valence-electron chi connectivity index (χ3n) is 2.75. The minimum atomic E-state index is -0.701. The molecule has 2 rings (SSSR count). The summed E-state index contributed by atoms with van der Waals surface area (Å²) in [7, 11) is 0. The van der Waals surface area contributed by atoms with E-state index in [1.807, 2.05) is 24.3 Å². The van der Waals surface area contributed by atoms with Gasteiger partial charge in [0.15, 0.2) is 0 Å². The molecule has 4 nitrogen and oxygen atoms in total. The van der Waals surface area contributed by atoms with Crippen LogP contribution in [0, 0.1) is 0 Å². The minimum absolute atomic E-state index is 0.323. The fourth-order valence-electron chi connectivity index (χ4n) is 1.82. The predicted octanol–water partition coefficient (Wildman–Crippen LogP) is 2.32. The fraction of sp³-hybridized carbons (Fsp3) is 0.286. The van der Waals surface area contributed by atoms with E-state index in [4.69, 9.17) is 22.1 Å². The first-order valence-electron chi connectivity index (χ1n) is 6.08. The Labute approximate surface area is 116 Å². The Morgan fingerprint density at radius 1 is 1.42 bits per heavy atom. The Kier molecular flexibility index (Phi) is 4.35. The Hall–Kier alpha value is -1.65. The molecule has 0 aliphatic carbocycles. The first kappa shape index (κ1) is 13.8. The standard InChI is InChI=1S/C14H15ClN2O2/c1-2-19-14(18)12(16)8-10-7-6-9-4-3-5-11(15)13(9)17-10/h3-7,12H,2,8,16H2,1H3. The van der Waals surface area contributed by atoms with Gasteiger partial charge in [-0.2, -0.15) is 0 Å². The van der Waals surface area contributed by atoms with Crippen molar-refractivity contribution >= 4 is 28.5 Å². The van der Waals surface area contributed by atoms with Gasteiger partial charge in [0.1, 0.15) is 6.04 Å². The monoisotopic (exact) mass is 278 g/mol. The van der Waals surface area contributed by atoms with E-state index in [1.165, 1.54) is 0 Å². The molecule has 1 unspecified atom stereocenters. The van der Waals surface area contributed by atoms with E-state index in [1.54, 1.807) is 13.0 Å². The van der Waals surface area contributed by atoms with Gasteiger partial charge in [-0.15, -0.1) is 0 Å². The molecule has 0 aliphatic heterocycles. The largest absolute Gasteiger partial charge is 0.465 e. The number of ether oxygens (including phenoxy) is 1. The molecule has 100 valence electrons. The van der Waals surface area contributed by atoms with Crippen LogP contribution in [0.5, 0.6) is 0 Å². The summed E-state index contributed by atoms with van der Waals surface area (Å²) >= 11 is 6.09. The molecule has 1 atom stereocenters. The Bertz CT molecular complexity index is 601. The third-order valence-corrected chi connectivity index (χ3v) is 3.05. The van der Waals surface area contributed by atoms with Crippen LogP contribution in [-0.4, -0.2) is 23.6 Å². The van der Waals surface area contributed by atoms with Crippen molar-refractivity contribution < 1.29 is 9.53 Å². The van der Waals surface area contributed by atoms with Gasteiger partial charge >= 0.3 is 5.97 Å². The van der Waals surface area contributed by atoms with Gasteiger partial charge in [-0.1, -0.05) is 29.8 Å². The van der Waals surface area contributed by atoms with Gasteiger partial charge in [0.25, 0.3) is 0 Å². The van der Waals surface area contributed by atoms with E-state index in [-0.39, 0.29) is 0 Å². The summed E-state index contributed by atoms with van der Waals surface area (Å²) < 4.78 is 4.87. The van der Waals surface area contributed by atoms with Crippen molar-refractivity contribution in [3.63, 3.8) is 0 Å². The maximum absolute atomic E-state index is 11.5. The number of aromatic nitrogens is 1. The molecule has 0 saturated carbocycles. The molecule has 0 radical (unpaired) electrons. The van der Waals surface area contributed by atoms with E-state index in [2.05, 4.69) is 4.98 Å². The first-order valence-corrected chi connectivity index (χ1v) is 6.46. The zero-order chi connectivity index (χ0) is 13.8. The summed E-state index contributed by atoms with van der Waals surface area (Å²) in [6.45, 7) is 2.07. The Morgan fingerprint density at radius 3 is 2.95 bits per heavy atom. The number of nitrogens with zero attached hydrogens (tertiary/aromatic N) is 1. The van der Waals surface area contributed by atoms with E-state index >= 15 is 0 Å². The highest BCUT2D eigenvalue weighted by Crippen LogP contribution is 2.21. The molecule has 19 heavy (non-hydrogen) atoms. The van der Waals surface area contributed by atoms with Crippen LogP contribution in [0.15, 0.2) is 30.3 Å². The predicted molar refractivity (Wildman–Crippen MR) is 75.1 cm³/mol. The van der Waals surface area contributed by atoms with E-state index in [9.17, 15) is 4.79 Å². The number of fused-ring (bicyclic) bond motifs is 1. The lowest BCUT2D eigenvalue weighted by Gasteiger charge is -2.10. The summed E-state index contributed by atoms with van der Waals surface area (Å²) in [5.74, 6) is -0.413. The maximum Gasteiger partial charge on any atom is 0.323 e. The quantitative estimate of drug-likeness (QED) is 0.872. The van der Waals surface area contributed by atoms with E-state index in [0.717, 1.165) is 16.6 Å². The highest BCUT2D eigenvalue weighted by atomic mass is 35.5. The van der Waals surface area contributed by atoms with Gasteiger partial charge in [-0.25, -0.2) is 0 Å². The second kappa shape index (κ2) is 5.99. The lowest BCUT2D eigenvalue weighted by Crippen LogP contribution is -2.34. The molecule has 1 heterocycles. The summed E-state index contributed by atoms with van der Waals surface area (Å²) in [5, 5.41) is 1.55. The molecule has 0 spiro atoms. The van der Waals surface area contributed by atoms with Crippen molar-refractivity contribution in [3.8, 4) is 0 Å². The van der Waals surface area contributed by atoms with Crippen LogP contribution in [0.4, 0.5) is 0 Å². The van der Waals surface area contributed by atoms with Crippen LogP contribution >= 0.6 is 11.6 Å². The molecular formula is C14H15ClN2O2. The van der Waals surface area contributed by atoms with Crippen LogP contribution in [0.1, 0.15) is 12.6 Å². The van der Waals surface area contributed by atoms with Crippen molar-refractivity contribution in [2.75, 3.05) is 6.61 Å². The maximum atomic E-state index is 11.5. The van der Waals surface area contributed by atoms with E-state index < -0.39 is 12.0 Å². The second-order valence-corrected chi connectivity index (χ2v) is 4.58. The van der Waals surface area contributed by atoms with Crippen LogP contribution < -0.4 is 5.73 Å². The number of nitrogens with two attached hydrogens (primary N) is 1. The lowest BCUT2D eigenvalue weighted by atomic mass is 10.1. The van der Waals surface area contributed by atoms with Crippen molar-refractivity contribution in [1.82, 2.24) is 4.98 Å². The van der Waals surface area contributed by atoms with Crippen LogP contribution in [0.3, 0.4) is 0 Å².